The molecule has 0 aliphatic carbocycles. The second-order valence-electron chi connectivity index (χ2n) is 6.40. The Balaban J connectivity index is 1.69. The molecular formula is C22H23N3O2. The summed E-state index contributed by atoms with van der Waals surface area (Å²) >= 11 is 0. The first-order valence-corrected chi connectivity index (χ1v) is 8.74. The number of hydrogen-bond donors (Lipinski definition) is 1. The van der Waals surface area contributed by atoms with Gasteiger partial charge in [0.25, 0.3) is 5.91 Å². The molecular weight excluding hydrogens is 338 g/mol. The first-order chi connectivity index (χ1) is 13.1. The standard InChI is InChI=1S/C22H23N3O2/c1-16-9-11-20(27-3)19(13-16)24-22(26)18-10-12-21(23-14-18)25(2)15-17-7-5-4-6-8-17/h4-14H,15H2,1-3H3,(H,24,26). The zero-order valence-corrected chi connectivity index (χ0v) is 15.8. The third-order valence-electron chi connectivity index (χ3n) is 4.27. The van der Waals surface area contributed by atoms with Crippen molar-refractivity contribution in [1.29, 1.82) is 0 Å². The van der Waals surface area contributed by atoms with E-state index in [4.69, 9.17) is 4.74 Å². The predicted octanol–water partition coefficient (Wildman–Crippen LogP) is 4.29. The number of nitrogens with zero attached hydrogens (tertiary/aromatic N) is 2. The lowest BCUT2D eigenvalue weighted by Crippen LogP contribution is -2.18. The zero-order valence-electron chi connectivity index (χ0n) is 15.8. The van der Waals surface area contributed by atoms with Crippen molar-refractivity contribution < 1.29 is 9.53 Å². The molecule has 1 N–H and O–H groups in total. The SMILES string of the molecule is COc1ccc(C)cc1NC(=O)c1ccc(N(C)Cc2ccccc2)nc1. The third-order valence-corrected chi connectivity index (χ3v) is 4.27. The molecule has 0 saturated carbocycles. The molecule has 0 unspecified atom stereocenters. The highest BCUT2D eigenvalue weighted by molar-refractivity contribution is 6.05. The van der Waals surface area contributed by atoms with Gasteiger partial charge in [-0.2, -0.15) is 0 Å². The van der Waals surface area contributed by atoms with Gasteiger partial charge in [0.05, 0.1) is 18.4 Å². The summed E-state index contributed by atoms with van der Waals surface area (Å²) in [5.41, 5.74) is 3.39. The number of aryl methyl sites for hydroxylation is 1. The molecule has 27 heavy (non-hydrogen) atoms. The fourth-order valence-corrected chi connectivity index (χ4v) is 2.80. The highest BCUT2D eigenvalue weighted by atomic mass is 16.5. The summed E-state index contributed by atoms with van der Waals surface area (Å²) in [6.07, 6.45) is 1.59. The fourth-order valence-electron chi connectivity index (χ4n) is 2.80. The Kier molecular flexibility index (Phi) is 5.71. The Morgan fingerprint density at radius 1 is 1.11 bits per heavy atom. The molecule has 5 heteroatoms. The van der Waals surface area contributed by atoms with E-state index in [0.717, 1.165) is 17.9 Å². The molecule has 1 aromatic heterocycles. The summed E-state index contributed by atoms with van der Waals surface area (Å²) in [4.78, 5) is 19.0. The van der Waals surface area contributed by atoms with Gasteiger partial charge in [0, 0.05) is 19.8 Å². The van der Waals surface area contributed by atoms with Crippen LogP contribution in [0.4, 0.5) is 11.5 Å². The average molecular weight is 361 g/mol. The van der Waals surface area contributed by atoms with Gasteiger partial charge in [-0.3, -0.25) is 4.79 Å². The van der Waals surface area contributed by atoms with Crippen LogP contribution >= 0.6 is 0 Å². The summed E-state index contributed by atoms with van der Waals surface area (Å²) < 4.78 is 5.31. The van der Waals surface area contributed by atoms with E-state index < -0.39 is 0 Å². The van der Waals surface area contributed by atoms with Gasteiger partial charge in [0.15, 0.2) is 0 Å². The molecule has 138 valence electrons. The number of rotatable bonds is 6. The number of pyridine rings is 1. The first kappa shape index (κ1) is 18.5. The van der Waals surface area contributed by atoms with E-state index in [-0.39, 0.29) is 5.91 Å². The van der Waals surface area contributed by atoms with Crippen LogP contribution in [0.15, 0.2) is 66.9 Å². The van der Waals surface area contributed by atoms with Crippen molar-refractivity contribution in [2.75, 3.05) is 24.4 Å². The third kappa shape index (κ3) is 4.64. The van der Waals surface area contributed by atoms with E-state index in [9.17, 15) is 4.79 Å². The highest BCUT2D eigenvalue weighted by Gasteiger charge is 2.11. The Bertz CT molecular complexity index is 909. The Labute approximate surface area is 159 Å². The monoisotopic (exact) mass is 361 g/mol. The number of amides is 1. The number of aromatic nitrogens is 1. The maximum Gasteiger partial charge on any atom is 0.257 e. The molecule has 3 aromatic rings. The van der Waals surface area contributed by atoms with Crippen molar-refractivity contribution in [2.45, 2.75) is 13.5 Å². The van der Waals surface area contributed by atoms with E-state index in [1.165, 1.54) is 5.56 Å². The van der Waals surface area contributed by atoms with Crippen molar-refractivity contribution in [3.63, 3.8) is 0 Å². The van der Waals surface area contributed by atoms with Crippen molar-refractivity contribution in [3.05, 3.63) is 83.6 Å². The Morgan fingerprint density at radius 3 is 2.56 bits per heavy atom. The average Bonchev–Trinajstić information content (AvgIpc) is 2.69. The zero-order chi connectivity index (χ0) is 19.2. The van der Waals surface area contributed by atoms with E-state index in [1.54, 1.807) is 19.4 Å². The lowest BCUT2D eigenvalue weighted by atomic mass is 10.2. The molecule has 0 bridgehead atoms. The first-order valence-electron chi connectivity index (χ1n) is 8.74. The number of carbonyl (C=O) groups excluding carboxylic acids is 1. The lowest BCUT2D eigenvalue weighted by Gasteiger charge is -2.18. The normalized spacial score (nSPS) is 10.3. The lowest BCUT2D eigenvalue weighted by molar-refractivity contribution is 0.102. The molecule has 0 spiro atoms. The Hall–Kier alpha value is -3.34. The molecule has 1 amide bonds. The maximum atomic E-state index is 12.5. The van der Waals surface area contributed by atoms with E-state index in [2.05, 4.69) is 22.4 Å². The van der Waals surface area contributed by atoms with Crippen LogP contribution < -0.4 is 15.0 Å². The second-order valence-corrected chi connectivity index (χ2v) is 6.40. The number of hydrogen-bond acceptors (Lipinski definition) is 4. The van der Waals surface area contributed by atoms with Gasteiger partial charge in [-0.05, 0) is 42.3 Å². The van der Waals surface area contributed by atoms with Crippen LogP contribution in [0.3, 0.4) is 0 Å². The molecule has 3 rings (SSSR count). The van der Waals surface area contributed by atoms with E-state index in [1.807, 2.05) is 61.3 Å². The van der Waals surface area contributed by atoms with Crippen LogP contribution in [-0.4, -0.2) is 25.0 Å². The van der Waals surface area contributed by atoms with Gasteiger partial charge >= 0.3 is 0 Å². The summed E-state index contributed by atoms with van der Waals surface area (Å²) in [5, 5.41) is 2.89. The molecule has 5 nitrogen and oxygen atoms in total. The number of methoxy groups -OCH3 is 1. The number of carbonyl (C=O) groups is 1. The van der Waals surface area contributed by atoms with Crippen molar-refractivity contribution in [1.82, 2.24) is 4.98 Å². The largest absolute Gasteiger partial charge is 0.495 e. The molecule has 0 atom stereocenters. The van der Waals surface area contributed by atoms with E-state index in [0.29, 0.717) is 17.0 Å². The van der Waals surface area contributed by atoms with E-state index >= 15 is 0 Å². The van der Waals surface area contributed by atoms with Gasteiger partial charge in [-0.15, -0.1) is 0 Å². The van der Waals surface area contributed by atoms with Crippen LogP contribution in [0.5, 0.6) is 5.75 Å². The minimum atomic E-state index is -0.219. The van der Waals surface area contributed by atoms with Crippen LogP contribution in [0.25, 0.3) is 0 Å². The topological polar surface area (TPSA) is 54.5 Å². The van der Waals surface area contributed by atoms with Crippen molar-refractivity contribution in [2.24, 2.45) is 0 Å². The van der Waals surface area contributed by atoms with Crippen LogP contribution in [0, 0.1) is 6.92 Å². The van der Waals surface area contributed by atoms with Crippen molar-refractivity contribution >= 4 is 17.4 Å². The predicted molar refractivity (Wildman–Crippen MR) is 108 cm³/mol. The molecule has 0 aliphatic heterocycles. The number of nitrogens with one attached hydrogen (secondary N) is 1. The van der Waals surface area contributed by atoms with Crippen LogP contribution in [0.2, 0.25) is 0 Å². The highest BCUT2D eigenvalue weighted by Crippen LogP contribution is 2.25. The molecule has 0 radical (unpaired) electrons. The number of ether oxygens (including phenoxy) is 1. The maximum absolute atomic E-state index is 12.5. The van der Waals surface area contributed by atoms with Crippen LogP contribution in [0.1, 0.15) is 21.5 Å². The molecule has 1 heterocycles. The quantitative estimate of drug-likeness (QED) is 0.712. The van der Waals surface area contributed by atoms with Gasteiger partial charge < -0.3 is 15.0 Å². The molecule has 2 aromatic carbocycles. The summed E-state index contributed by atoms with van der Waals surface area (Å²) in [7, 11) is 3.56. The second kappa shape index (κ2) is 8.36. The molecule has 0 saturated heterocycles. The van der Waals surface area contributed by atoms with Crippen LogP contribution in [-0.2, 0) is 6.54 Å². The number of anilines is 2. The summed E-state index contributed by atoms with van der Waals surface area (Å²) in [6.45, 7) is 2.72. The Morgan fingerprint density at radius 2 is 1.89 bits per heavy atom. The van der Waals surface area contributed by atoms with Gasteiger partial charge in [-0.1, -0.05) is 36.4 Å². The number of benzene rings is 2. The van der Waals surface area contributed by atoms with Gasteiger partial charge in [0.2, 0.25) is 0 Å². The fraction of sp³-hybridized carbons (Fsp3) is 0.182. The summed E-state index contributed by atoms with van der Waals surface area (Å²) in [6, 6.07) is 19.5. The van der Waals surface area contributed by atoms with Gasteiger partial charge in [-0.25, -0.2) is 4.98 Å². The van der Waals surface area contributed by atoms with Gasteiger partial charge in [0.1, 0.15) is 11.6 Å². The minimum absolute atomic E-state index is 0.219. The minimum Gasteiger partial charge on any atom is -0.495 e. The molecule has 0 aliphatic rings. The summed E-state index contributed by atoms with van der Waals surface area (Å²) in [5.74, 6) is 1.22. The van der Waals surface area contributed by atoms with Crippen molar-refractivity contribution in [3.8, 4) is 5.75 Å². The smallest absolute Gasteiger partial charge is 0.257 e. The molecule has 0 fully saturated rings.